The molecule has 28 heavy (non-hydrogen) atoms. The molecule has 0 atom stereocenters. The van der Waals surface area contributed by atoms with Crippen LogP contribution in [0, 0.1) is 13.8 Å². The molecule has 0 aromatic heterocycles. The summed E-state index contributed by atoms with van der Waals surface area (Å²) in [6, 6.07) is 13.9. The summed E-state index contributed by atoms with van der Waals surface area (Å²) in [5.41, 5.74) is 4.84. The molecule has 6 heteroatoms. The maximum atomic E-state index is 10.6. The number of rotatable bonds is 7. The first-order chi connectivity index (χ1) is 13.5. The van der Waals surface area contributed by atoms with Crippen molar-refractivity contribution in [1.82, 2.24) is 5.01 Å². The van der Waals surface area contributed by atoms with Gasteiger partial charge in [0.15, 0.2) is 0 Å². The van der Waals surface area contributed by atoms with E-state index in [2.05, 4.69) is 42.2 Å². The number of hydrogen-bond acceptors (Lipinski definition) is 5. The van der Waals surface area contributed by atoms with Gasteiger partial charge in [0.25, 0.3) is 0 Å². The molecule has 2 aromatic carbocycles. The smallest absolute Gasteiger partial charge is 0.128 e. The van der Waals surface area contributed by atoms with E-state index in [1.54, 1.807) is 23.2 Å². The highest BCUT2D eigenvalue weighted by Gasteiger charge is 2.19. The van der Waals surface area contributed by atoms with Gasteiger partial charge in [0, 0.05) is 11.1 Å². The summed E-state index contributed by atoms with van der Waals surface area (Å²) < 4.78 is 5.27. The molecule has 0 spiro atoms. The number of nitrogens with one attached hydrogen (secondary N) is 1. The molecule has 6 nitrogen and oxygen atoms in total. The molecule has 0 amide bonds. The Morgan fingerprint density at radius 1 is 1.21 bits per heavy atom. The fourth-order valence-corrected chi connectivity index (χ4v) is 3.42. The van der Waals surface area contributed by atoms with Crippen LogP contribution in [0.2, 0.25) is 0 Å². The molecule has 0 aliphatic carbocycles. The van der Waals surface area contributed by atoms with Gasteiger partial charge < -0.3 is 19.5 Å². The number of nitrogens with zero attached hydrogens (tertiary/aromatic N) is 2. The third-order valence-electron chi connectivity index (χ3n) is 5.01. The van der Waals surface area contributed by atoms with Crippen molar-refractivity contribution < 1.29 is 19.5 Å². The Morgan fingerprint density at radius 3 is 2.68 bits per heavy atom. The lowest BCUT2D eigenvalue weighted by molar-refractivity contribution is -0.918. The zero-order valence-electron chi connectivity index (χ0n) is 16.5. The first-order valence-corrected chi connectivity index (χ1v) is 9.61. The summed E-state index contributed by atoms with van der Waals surface area (Å²) in [5.74, 6) is -0.746. The minimum atomic E-state index is -1.24. The van der Waals surface area contributed by atoms with E-state index in [-0.39, 0.29) is 0 Å². The average Bonchev–Trinajstić information content (AvgIpc) is 2.68. The molecule has 1 N–H and O–H groups in total. The van der Waals surface area contributed by atoms with Crippen LogP contribution in [0.15, 0.2) is 47.6 Å². The predicted octanol–water partition coefficient (Wildman–Crippen LogP) is 0.167. The monoisotopic (exact) mass is 381 g/mol. The maximum absolute atomic E-state index is 10.6. The van der Waals surface area contributed by atoms with Crippen molar-refractivity contribution in [3.05, 3.63) is 64.7 Å². The number of carbonyl (C=O) groups is 1. The SMILES string of the molecule is Cc1ccc(C[NH+]2CCN(N=Cc3ccccc3OCC(=O)[O-])CC2)c(C)c1. The quantitative estimate of drug-likeness (QED) is 0.694. The van der Waals surface area contributed by atoms with Gasteiger partial charge in [0.1, 0.15) is 18.9 Å². The molecule has 3 rings (SSSR count). The van der Waals surface area contributed by atoms with Crippen LogP contribution >= 0.6 is 0 Å². The molecule has 1 fully saturated rings. The minimum Gasteiger partial charge on any atom is -0.546 e. The number of quaternary nitrogens is 1. The number of para-hydroxylation sites is 1. The van der Waals surface area contributed by atoms with Gasteiger partial charge >= 0.3 is 0 Å². The summed E-state index contributed by atoms with van der Waals surface area (Å²) in [6.07, 6.45) is 1.74. The van der Waals surface area contributed by atoms with E-state index < -0.39 is 12.6 Å². The Morgan fingerprint density at radius 2 is 1.96 bits per heavy atom. The van der Waals surface area contributed by atoms with E-state index in [0.717, 1.165) is 38.3 Å². The second kappa shape index (κ2) is 9.37. The number of aryl methyl sites for hydroxylation is 2. The number of piperazine rings is 1. The van der Waals surface area contributed by atoms with Gasteiger partial charge in [-0.2, -0.15) is 5.10 Å². The summed E-state index contributed by atoms with van der Waals surface area (Å²) in [5, 5.41) is 17.2. The lowest BCUT2D eigenvalue weighted by atomic mass is 10.1. The Kier molecular flexibility index (Phi) is 6.66. The highest BCUT2D eigenvalue weighted by atomic mass is 16.5. The molecular weight excluding hydrogens is 354 g/mol. The fraction of sp³-hybridized carbons (Fsp3) is 0.364. The van der Waals surface area contributed by atoms with E-state index >= 15 is 0 Å². The third-order valence-corrected chi connectivity index (χ3v) is 5.01. The summed E-state index contributed by atoms with van der Waals surface area (Å²) in [4.78, 5) is 12.2. The van der Waals surface area contributed by atoms with Gasteiger partial charge in [-0.25, -0.2) is 0 Å². The standard InChI is InChI=1S/C22H27N3O3/c1-17-7-8-20(18(2)13-17)15-24-9-11-25(12-10-24)23-14-19-5-3-4-6-21(19)28-16-22(26)27/h3-8,13-14H,9-12,15-16H2,1-2H3,(H,26,27). The van der Waals surface area contributed by atoms with Crippen LogP contribution in [-0.2, 0) is 11.3 Å². The van der Waals surface area contributed by atoms with E-state index in [9.17, 15) is 9.90 Å². The van der Waals surface area contributed by atoms with Gasteiger partial charge in [-0.15, -0.1) is 0 Å². The van der Waals surface area contributed by atoms with Gasteiger partial charge in [-0.1, -0.05) is 35.9 Å². The van der Waals surface area contributed by atoms with Crippen LogP contribution in [0.3, 0.4) is 0 Å². The summed E-state index contributed by atoms with van der Waals surface area (Å²) in [6.45, 7) is 8.73. The highest BCUT2D eigenvalue weighted by molar-refractivity contribution is 5.83. The number of hydrazone groups is 1. The maximum Gasteiger partial charge on any atom is 0.128 e. The minimum absolute atomic E-state index is 0.467. The van der Waals surface area contributed by atoms with Crippen molar-refractivity contribution in [3.63, 3.8) is 0 Å². The lowest BCUT2D eigenvalue weighted by Crippen LogP contribution is -3.13. The molecule has 0 unspecified atom stereocenters. The van der Waals surface area contributed by atoms with Gasteiger partial charge in [-0.3, -0.25) is 5.01 Å². The van der Waals surface area contributed by atoms with Gasteiger partial charge in [-0.05, 0) is 31.5 Å². The van der Waals surface area contributed by atoms with Crippen molar-refractivity contribution in [1.29, 1.82) is 0 Å². The van der Waals surface area contributed by atoms with Crippen molar-refractivity contribution in [2.24, 2.45) is 5.10 Å². The number of carboxylic acids is 1. The number of hydrogen-bond donors (Lipinski definition) is 1. The number of aliphatic carboxylic acids is 1. The number of benzene rings is 2. The highest BCUT2D eigenvalue weighted by Crippen LogP contribution is 2.16. The van der Waals surface area contributed by atoms with Crippen LogP contribution in [0.1, 0.15) is 22.3 Å². The first kappa shape index (κ1) is 19.9. The summed E-state index contributed by atoms with van der Waals surface area (Å²) >= 11 is 0. The third kappa shape index (κ3) is 5.57. The van der Waals surface area contributed by atoms with Crippen molar-refractivity contribution in [2.75, 3.05) is 32.8 Å². The summed E-state index contributed by atoms with van der Waals surface area (Å²) in [7, 11) is 0. The van der Waals surface area contributed by atoms with Crippen LogP contribution in [0.25, 0.3) is 0 Å². The molecule has 1 heterocycles. The molecule has 1 aliphatic heterocycles. The first-order valence-electron chi connectivity index (χ1n) is 9.61. The van der Waals surface area contributed by atoms with Crippen LogP contribution in [0.4, 0.5) is 0 Å². The largest absolute Gasteiger partial charge is 0.546 e. The lowest BCUT2D eigenvalue weighted by Gasteiger charge is -2.30. The zero-order valence-corrected chi connectivity index (χ0v) is 16.5. The number of carboxylic acid groups (broad SMARTS) is 1. The Hall–Kier alpha value is -2.86. The van der Waals surface area contributed by atoms with Crippen molar-refractivity contribution in [2.45, 2.75) is 20.4 Å². The average molecular weight is 381 g/mol. The molecule has 0 bridgehead atoms. The number of ether oxygens (including phenoxy) is 1. The second-order valence-corrected chi connectivity index (χ2v) is 7.25. The molecule has 1 saturated heterocycles. The zero-order chi connectivity index (χ0) is 19.9. The van der Waals surface area contributed by atoms with Crippen molar-refractivity contribution >= 4 is 12.2 Å². The predicted molar refractivity (Wildman–Crippen MR) is 106 cm³/mol. The molecule has 0 radical (unpaired) electrons. The normalized spacial score (nSPS) is 15.1. The Balaban J connectivity index is 1.53. The van der Waals surface area contributed by atoms with Crippen LogP contribution in [0.5, 0.6) is 5.75 Å². The van der Waals surface area contributed by atoms with E-state index in [0.29, 0.717) is 5.75 Å². The van der Waals surface area contributed by atoms with E-state index in [1.807, 2.05) is 12.1 Å². The number of carbonyl (C=O) groups excluding carboxylic acids is 1. The molecule has 1 aliphatic rings. The van der Waals surface area contributed by atoms with Gasteiger partial charge in [0.05, 0.1) is 38.4 Å². The fourth-order valence-electron chi connectivity index (χ4n) is 3.42. The van der Waals surface area contributed by atoms with Crippen LogP contribution in [-0.4, -0.2) is 50.0 Å². The van der Waals surface area contributed by atoms with Crippen molar-refractivity contribution in [3.8, 4) is 5.75 Å². The van der Waals surface area contributed by atoms with Gasteiger partial charge in [0.2, 0.25) is 0 Å². The molecular formula is C22H27N3O3. The Bertz CT molecular complexity index is 843. The van der Waals surface area contributed by atoms with E-state index in [4.69, 9.17) is 4.74 Å². The second-order valence-electron chi connectivity index (χ2n) is 7.25. The van der Waals surface area contributed by atoms with Crippen LogP contribution < -0.4 is 14.7 Å². The molecule has 148 valence electrons. The Labute approximate surface area is 166 Å². The molecule has 2 aromatic rings. The topological polar surface area (TPSA) is 69.4 Å². The van der Waals surface area contributed by atoms with E-state index in [1.165, 1.54) is 16.7 Å². The molecule has 0 saturated carbocycles.